The fraction of sp³-hybridized carbons (Fsp3) is 0.556. The molecule has 1 aliphatic carbocycles. The molecule has 1 aromatic carbocycles. The molecule has 0 bridgehead atoms. The van der Waals surface area contributed by atoms with Crippen LogP contribution in [0.2, 0.25) is 0 Å². The Labute approximate surface area is 136 Å². The van der Waals surface area contributed by atoms with E-state index in [1.54, 1.807) is 19.1 Å². The van der Waals surface area contributed by atoms with Gasteiger partial charge in [-0.15, -0.1) is 0 Å². The smallest absolute Gasteiger partial charge is 0.311 e. The summed E-state index contributed by atoms with van der Waals surface area (Å²) in [7, 11) is 0. The number of hydrogen-bond acceptors (Lipinski definition) is 3. The van der Waals surface area contributed by atoms with Gasteiger partial charge < -0.3 is 10.1 Å². The van der Waals surface area contributed by atoms with Crippen LogP contribution in [-0.4, -0.2) is 24.0 Å². The van der Waals surface area contributed by atoms with E-state index < -0.39 is 17.9 Å². The number of rotatable bonds is 5. The fourth-order valence-corrected chi connectivity index (χ4v) is 2.85. The van der Waals surface area contributed by atoms with Crippen molar-refractivity contribution in [2.75, 3.05) is 0 Å². The molecule has 0 heterocycles. The molecule has 5 heteroatoms. The van der Waals surface area contributed by atoms with Crippen LogP contribution in [0.5, 0.6) is 0 Å². The van der Waals surface area contributed by atoms with Gasteiger partial charge in [0.2, 0.25) is 0 Å². The van der Waals surface area contributed by atoms with E-state index in [1.165, 1.54) is 25.0 Å². The minimum atomic E-state index is -0.834. The van der Waals surface area contributed by atoms with Gasteiger partial charge in [-0.2, -0.15) is 0 Å². The topological polar surface area (TPSA) is 55.4 Å². The van der Waals surface area contributed by atoms with Gasteiger partial charge in [0.05, 0.1) is 6.42 Å². The van der Waals surface area contributed by atoms with Gasteiger partial charge in [0, 0.05) is 6.04 Å². The van der Waals surface area contributed by atoms with Crippen LogP contribution < -0.4 is 5.32 Å². The average molecular weight is 321 g/mol. The molecule has 1 aliphatic rings. The quantitative estimate of drug-likeness (QED) is 0.669. The number of amides is 1. The van der Waals surface area contributed by atoms with Gasteiger partial charge in [-0.3, -0.25) is 9.59 Å². The van der Waals surface area contributed by atoms with Crippen molar-refractivity contribution in [2.45, 2.75) is 64.0 Å². The minimum Gasteiger partial charge on any atom is -0.452 e. The molecular formula is C18H24FNO3. The molecule has 0 spiro atoms. The van der Waals surface area contributed by atoms with Crippen molar-refractivity contribution in [1.29, 1.82) is 0 Å². The molecule has 1 atom stereocenters. The van der Waals surface area contributed by atoms with Gasteiger partial charge >= 0.3 is 5.97 Å². The highest BCUT2D eigenvalue weighted by Crippen LogP contribution is 2.17. The maximum absolute atomic E-state index is 13.1. The van der Waals surface area contributed by atoms with Crippen LogP contribution in [0.3, 0.4) is 0 Å². The van der Waals surface area contributed by atoms with Crippen molar-refractivity contribution in [3.05, 3.63) is 35.6 Å². The number of ether oxygens (including phenoxy) is 1. The molecule has 4 nitrogen and oxygen atoms in total. The summed E-state index contributed by atoms with van der Waals surface area (Å²) >= 11 is 0. The number of halogens is 1. The lowest BCUT2D eigenvalue weighted by Gasteiger charge is -2.19. The van der Waals surface area contributed by atoms with Crippen molar-refractivity contribution >= 4 is 11.9 Å². The zero-order valence-corrected chi connectivity index (χ0v) is 13.5. The van der Waals surface area contributed by atoms with E-state index in [2.05, 4.69) is 5.32 Å². The first-order valence-corrected chi connectivity index (χ1v) is 8.29. The van der Waals surface area contributed by atoms with Crippen LogP contribution >= 0.6 is 0 Å². The van der Waals surface area contributed by atoms with E-state index in [-0.39, 0.29) is 18.4 Å². The van der Waals surface area contributed by atoms with Crippen LogP contribution in [0, 0.1) is 5.82 Å². The summed E-state index contributed by atoms with van der Waals surface area (Å²) in [5, 5.41) is 2.96. The maximum Gasteiger partial charge on any atom is 0.311 e. The van der Waals surface area contributed by atoms with Gasteiger partial charge in [-0.1, -0.05) is 37.8 Å². The van der Waals surface area contributed by atoms with E-state index in [1.807, 2.05) is 0 Å². The predicted molar refractivity (Wildman–Crippen MR) is 85.3 cm³/mol. The number of esters is 1. The van der Waals surface area contributed by atoms with Gasteiger partial charge in [0.15, 0.2) is 6.10 Å². The van der Waals surface area contributed by atoms with Crippen molar-refractivity contribution in [1.82, 2.24) is 5.32 Å². The lowest BCUT2D eigenvalue weighted by Crippen LogP contribution is -2.42. The molecule has 1 amide bonds. The number of hydrogen-bond donors (Lipinski definition) is 1. The first kappa shape index (κ1) is 17.4. The summed E-state index contributed by atoms with van der Waals surface area (Å²) in [6, 6.07) is 5.98. The summed E-state index contributed by atoms with van der Waals surface area (Å²) in [6.45, 7) is 1.56. The first-order chi connectivity index (χ1) is 11.0. The standard InChI is InChI=1S/C18H24FNO3/c1-13(18(22)20-16-9-4-2-3-5-10-16)23-17(21)12-14-7-6-8-15(19)11-14/h6-8,11,13,16H,2-5,9-10,12H2,1H3,(H,20,22)/t13-/m0/s1. The Kier molecular flexibility index (Phi) is 6.56. The molecule has 0 radical (unpaired) electrons. The van der Waals surface area contributed by atoms with Crippen molar-refractivity contribution in [2.24, 2.45) is 0 Å². The van der Waals surface area contributed by atoms with Crippen LogP contribution in [0.15, 0.2) is 24.3 Å². The molecule has 23 heavy (non-hydrogen) atoms. The molecule has 1 fully saturated rings. The Morgan fingerprint density at radius 2 is 1.96 bits per heavy atom. The third-order valence-electron chi connectivity index (χ3n) is 4.12. The van der Waals surface area contributed by atoms with Crippen molar-refractivity contribution in [3.63, 3.8) is 0 Å². The van der Waals surface area contributed by atoms with Crippen LogP contribution in [0.4, 0.5) is 4.39 Å². The number of carbonyl (C=O) groups is 2. The lowest BCUT2D eigenvalue weighted by atomic mass is 10.1. The fourth-order valence-electron chi connectivity index (χ4n) is 2.85. The number of nitrogens with one attached hydrogen (secondary N) is 1. The minimum absolute atomic E-state index is 0.0428. The average Bonchev–Trinajstić information content (AvgIpc) is 2.75. The van der Waals surface area contributed by atoms with Crippen molar-refractivity contribution in [3.8, 4) is 0 Å². The van der Waals surface area contributed by atoms with E-state index in [4.69, 9.17) is 4.74 Å². The molecule has 0 saturated heterocycles. The summed E-state index contributed by atoms with van der Waals surface area (Å²) in [5.74, 6) is -1.18. The molecule has 1 saturated carbocycles. The van der Waals surface area contributed by atoms with E-state index in [0.717, 1.165) is 25.7 Å². The Bertz CT molecular complexity index is 539. The molecule has 0 aliphatic heterocycles. The molecule has 0 aromatic heterocycles. The Morgan fingerprint density at radius 3 is 2.61 bits per heavy atom. The lowest BCUT2D eigenvalue weighted by molar-refractivity contribution is -0.154. The molecule has 1 N–H and O–H groups in total. The van der Waals surface area contributed by atoms with Crippen LogP contribution in [0.25, 0.3) is 0 Å². The SMILES string of the molecule is C[C@H](OC(=O)Cc1cccc(F)c1)C(=O)NC1CCCCCC1. The second-order valence-electron chi connectivity index (χ2n) is 6.14. The summed E-state index contributed by atoms with van der Waals surface area (Å²) in [5.41, 5.74) is 0.534. The third-order valence-corrected chi connectivity index (χ3v) is 4.12. The maximum atomic E-state index is 13.1. The Hall–Kier alpha value is -1.91. The second-order valence-corrected chi connectivity index (χ2v) is 6.14. The molecule has 2 rings (SSSR count). The van der Waals surface area contributed by atoms with E-state index in [0.29, 0.717) is 5.56 Å². The van der Waals surface area contributed by atoms with E-state index >= 15 is 0 Å². The molecule has 126 valence electrons. The van der Waals surface area contributed by atoms with Crippen LogP contribution in [0.1, 0.15) is 51.0 Å². The molecule has 1 aromatic rings. The summed E-state index contributed by atoms with van der Waals surface area (Å²) in [6.07, 6.45) is 5.76. The number of benzene rings is 1. The number of carbonyl (C=O) groups excluding carboxylic acids is 2. The first-order valence-electron chi connectivity index (χ1n) is 8.29. The molecular weight excluding hydrogens is 297 g/mol. The normalized spacial score (nSPS) is 17.1. The Balaban J connectivity index is 1.79. The van der Waals surface area contributed by atoms with Gasteiger partial charge in [0.25, 0.3) is 5.91 Å². The molecule has 0 unspecified atom stereocenters. The van der Waals surface area contributed by atoms with Gasteiger partial charge in [-0.25, -0.2) is 4.39 Å². The van der Waals surface area contributed by atoms with E-state index in [9.17, 15) is 14.0 Å². The summed E-state index contributed by atoms with van der Waals surface area (Å²) < 4.78 is 18.2. The second kappa shape index (κ2) is 8.65. The highest BCUT2D eigenvalue weighted by molar-refractivity contribution is 5.84. The predicted octanol–water partition coefficient (Wildman–Crippen LogP) is 3.14. The highest BCUT2D eigenvalue weighted by Gasteiger charge is 2.21. The van der Waals surface area contributed by atoms with Gasteiger partial charge in [-0.05, 0) is 37.5 Å². The Morgan fingerprint density at radius 1 is 1.26 bits per heavy atom. The van der Waals surface area contributed by atoms with Crippen molar-refractivity contribution < 1.29 is 18.7 Å². The third kappa shape index (κ3) is 6.00. The van der Waals surface area contributed by atoms with Gasteiger partial charge in [0.1, 0.15) is 5.82 Å². The monoisotopic (exact) mass is 321 g/mol. The highest BCUT2D eigenvalue weighted by atomic mass is 19.1. The zero-order valence-electron chi connectivity index (χ0n) is 13.5. The largest absolute Gasteiger partial charge is 0.452 e. The van der Waals surface area contributed by atoms with Crippen LogP contribution in [-0.2, 0) is 20.7 Å². The zero-order chi connectivity index (χ0) is 16.7. The summed E-state index contributed by atoms with van der Waals surface area (Å²) in [4.78, 5) is 24.0.